The maximum Gasteiger partial charge on any atom is 0.321 e. The number of benzene rings is 2. The van der Waals surface area contributed by atoms with Gasteiger partial charge in [0.1, 0.15) is 0 Å². The van der Waals surface area contributed by atoms with Crippen LogP contribution in [0.15, 0.2) is 42.5 Å². The van der Waals surface area contributed by atoms with E-state index in [1.165, 1.54) is 11.0 Å². The van der Waals surface area contributed by atoms with Crippen LogP contribution in [0.25, 0.3) is 0 Å². The molecule has 0 spiro atoms. The van der Waals surface area contributed by atoms with Gasteiger partial charge in [0.25, 0.3) is 0 Å². The van der Waals surface area contributed by atoms with Crippen molar-refractivity contribution in [3.8, 4) is 0 Å². The molecule has 5 heteroatoms. The lowest BCUT2D eigenvalue weighted by Crippen LogP contribution is -2.30. The quantitative estimate of drug-likeness (QED) is 0.902. The summed E-state index contributed by atoms with van der Waals surface area (Å²) in [6.45, 7) is 2.23. The summed E-state index contributed by atoms with van der Waals surface area (Å²) in [7, 11) is 1.60. The number of halogens is 2. The van der Waals surface area contributed by atoms with E-state index < -0.39 is 11.6 Å². The molecule has 0 aliphatic heterocycles. The van der Waals surface area contributed by atoms with Crippen molar-refractivity contribution in [2.45, 2.75) is 19.9 Å². The molecule has 0 fully saturated rings. The zero-order chi connectivity index (χ0) is 16.1. The molecule has 3 nitrogen and oxygen atoms in total. The van der Waals surface area contributed by atoms with Crippen LogP contribution < -0.4 is 5.32 Å². The fourth-order valence-electron chi connectivity index (χ4n) is 2.07. The van der Waals surface area contributed by atoms with E-state index in [-0.39, 0.29) is 12.6 Å². The summed E-state index contributed by atoms with van der Waals surface area (Å²) in [5.41, 5.74) is 2.36. The second-order valence-corrected chi connectivity index (χ2v) is 5.09. The zero-order valence-electron chi connectivity index (χ0n) is 12.6. The lowest BCUT2D eigenvalue weighted by atomic mass is 10.1. The van der Waals surface area contributed by atoms with Crippen molar-refractivity contribution in [1.29, 1.82) is 0 Å². The van der Waals surface area contributed by atoms with E-state index in [9.17, 15) is 13.6 Å². The van der Waals surface area contributed by atoms with Gasteiger partial charge >= 0.3 is 6.03 Å². The Bertz CT molecular complexity index is 673. The van der Waals surface area contributed by atoms with Crippen LogP contribution in [0.2, 0.25) is 0 Å². The van der Waals surface area contributed by atoms with Crippen LogP contribution in [0.5, 0.6) is 0 Å². The van der Waals surface area contributed by atoms with Gasteiger partial charge in [-0.3, -0.25) is 0 Å². The average Bonchev–Trinajstić information content (AvgIpc) is 2.51. The van der Waals surface area contributed by atoms with Crippen LogP contribution in [0, 0.1) is 11.6 Å². The molecule has 0 aromatic heterocycles. The van der Waals surface area contributed by atoms with Crippen molar-refractivity contribution >= 4 is 11.7 Å². The van der Waals surface area contributed by atoms with Gasteiger partial charge in [0.2, 0.25) is 0 Å². The van der Waals surface area contributed by atoms with Crippen LogP contribution in [0.4, 0.5) is 19.3 Å². The van der Waals surface area contributed by atoms with Gasteiger partial charge in [0, 0.05) is 19.3 Å². The molecule has 116 valence electrons. The van der Waals surface area contributed by atoms with E-state index in [2.05, 4.69) is 5.32 Å². The smallest absolute Gasteiger partial charge is 0.321 e. The number of hydrogen-bond donors (Lipinski definition) is 1. The molecule has 22 heavy (non-hydrogen) atoms. The third kappa shape index (κ3) is 4.04. The molecule has 2 rings (SSSR count). The highest BCUT2D eigenvalue weighted by molar-refractivity contribution is 5.89. The molecule has 2 aromatic carbocycles. The Hall–Kier alpha value is -2.43. The van der Waals surface area contributed by atoms with Crippen LogP contribution in [0.1, 0.15) is 18.1 Å². The molecule has 2 amide bonds. The number of urea groups is 1. The minimum atomic E-state index is -0.915. The lowest BCUT2D eigenvalue weighted by Gasteiger charge is -2.18. The first kappa shape index (κ1) is 15.9. The molecule has 0 bridgehead atoms. The molecule has 2 aromatic rings. The number of nitrogens with one attached hydrogen (secondary N) is 1. The van der Waals surface area contributed by atoms with Gasteiger partial charge in [0.15, 0.2) is 11.6 Å². The molecule has 1 N–H and O–H groups in total. The third-order valence-electron chi connectivity index (χ3n) is 3.34. The highest BCUT2D eigenvalue weighted by Gasteiger charge is 2.11. The van der Waals surface area contributed by atoms with Gasteiger partial charge in [-0.15, -0.1) is 0 Å². The largest absolute Gasteiger partial charge is 0.323 e. The minimum absolute atomic E-state index is 0.191. The Morgan fingerprint density at radius 1 is 1.09 bits per heavy atom. The number of hydrogen-bond acceptors (Lipinski definition) is 1. The summed E-state index contributed by atoms with van der Waals surface area (Å²) in [5, 5.41) is 2.78. The summed E-state index contributed by atoms with van der Waals surface area (Å²) < 4.78 is 26.1. The molecule has 0 atom stereocenters. The van der Waals surface area contributed by atoms with Gasteiger partial charge in [-0.2, -0.15) is 0 Å². The Morgan fingerprint density at radius 2 is 1.86 bits per heavy atom. The van der Waals surface area contributed by atoms with Crippen molar-refractivity contribution in [3.05, 3.63) is 65.2 Å². The summed E-state index contributed by atoms with van der Waals surface area (Å²) in [4.78, 5) is 13.5. The zero-order valence-corrected chi connectivity index (χ0v) is 12.6. The number of aryl methyl sites for hydroxylation is 1. The molecule has 0 aliphatic rings. The number of carbonyl (C=O) groups is 1. The summed E-state index contributed by atoms with van der Waals surface area (Å²) in [6.07, 6.45) is 0.883. The highest BCUT2D eigenvalue weighted by atomic mass is 19.2. The maximum atomic E-state index is 13.2. The SMILES string of the molecule is CCc1cccc(NC(=O)N(C)Cc2ccc(F)c(F)c2)c1. The number of amides is 2. The van der Waals surface area contributed by atoms with Crippen LogP contribution in [0.3, 0.4) is 0 Å². The first-order valence-electron chi connectivity index (χ1n) is 7.04. The second kappa shape index (κ2) is 7.02. The summed E-state index contributed by atoms with van der Waals surface area (Å²) in [5.74, 6) is -1.81. The molecule has 0 heterocycles. The standard InChI is InChI=1S/C17H18F2N2O/c1-3-12-5-4-6-14(9-12)20-17(22)21(2)11-13-7-8-15(18)16(19)10-13/h4-10H,3,11H2,1-2H3,(H,20,22). The van der Waals surface area contributed by atoms with E-state index in [0.717, 1.165) is 24.1 Å². The van der Waals surface area contributed by atoms with Crippen molar-refractivity contribution < 1.29 is 13.6 Å². The molecule has 0 aliphatic carbocycles. The molecule has 0 radical (unpaired) electrons. The monoisotopic (exact) mass is 304 g/mol. The maximum absolute atomic E-state index is 13.2. The van der Waals surface area contributed by atoms with E-state index >= 15 is 0 Å². The second-order valence-electron chi connectivity index (χ2n) is 5.09. The summed E-state index contributed by atoms with van der Waals surface area (Å²) >= 11 is 0. The lowest BCUT2D eigenvalue weighted by molar-refractivity contribution is 0.220. The van der Waals surface area contributed by atoms with Crippen molar-refractivity contribution in [2.24, 2.45) is 0 Å². The molecule has 0 unspecified atom stereocenters. The van der Waals surface area contributed by atoms with Gasteiger partial charge in [-0.1, -0.05) is 25.1 Å². The molecular weight excluding hydrogens is 286 g/mol. The Labute approximate surface area is 128 Å². The van der Waals surface area contributed by atoms with E-state index in [4.69, 9.17) is 0 Å². The molecular formula is C17H18F2N2O. The fraction of sp³-hybridized carbons (Fsp3) is 0.235. The predicted molar refractivity (Wildman–Crippen MR) is 82.7 cm³/mol. The highest BCUT2D eigenvalue weighted by Crippen LogP contribution is 2.14. The Balaban J connectivity index is 2.00. The minimum Gasteiger partial charge on any atom is -0.323 e. The van der Waals surface area contributed by atoms with Crippen molar-refractivity contribution in [2.75, 3.05) is 12.4 Å². The normalized spacial score (nSPS) is 10.4. The molecule has 0 saturated carbocycles. The average molecular weight is 304 g/mol. The van der Waals surface area contributed by atoms with Gasteiger partial charge in [-0.05, 0) is 41.8 Å². The number of anilines is 1. The van der Waals surface area contributed by atoms with Crippen LogP contribution in [-0.4, -0.2) is 18.0 Å². The topological polar surface area (TPSA) is 32.3 Å². The number of nitrogens with zero attached hydrogens (tertiary/aromatic N) is 1. The van der Waals surface area contributed by atoms with Crippen LogP contribution >= 0.6 is 0 Å². The third-order valence-corrected chi connectivity index (χ3v) is 3.34. The van der Waals surface area contributed by atoms with E-state index in [1.54, 1.807) is 7.05 Å². The van der Waals surface area contributed by atoms with Crippen molar-refractivity contribution in [1.82, 2.24) is 4.90 Å². The Kier molecular flexibility index (Phi) is 5.09. The summed E-state index contributed by atoms with van der Waals surface area (Å²) in [6, 6.07) is 10.9. The van der Waals surface area contributed by atoms with Gasteiger partial charge < -0.3 is 10.2 Å². The Morgan fingerprint density at radius 3 is 2.55 bits per heavy atom. The van der Waals surface area contributed by atoms with E-state index in [1.807, 2.05) is 31.2 Å². The van der Waals surface area contributed by atoms with Crippen molar-refractivity contribution in [3.63, 3.8) is 0 Å². The number of carbonyl (C=O) groups excluding carboxylic acids is 1. The first-order valence-corrected chi connectivity index (χ1v) is 7.04. The van der Waals surface area contributed by atoms with Gasteiger partial charge in [-0.25, -0.2) is 13.6 Å². The fourth-order valence-corrected chi connectivity index (χ4v) is 2.07. The first-order chi connectivity index (χ1) is 10.5. The predicted octanol–water partition coefficient (Wildman–Crippen LogP) is 4.19. The van der Waals surface area contributed by atoms with E-state index in [0.29, 0.717) is 11.3 Å². The van der Waals surface area contributed by atoms with Gasteiger partial charge in [0.05, 0.1) is 0 Å². The van der Waals surface area contributed by atoms with Crippen LogP contribution in [-0.2, 0) is 13.0 Å². The number of rotatable bonds is 4. The molecule has 0 saturated heterocycles.